The summed E-state index contributed by atoms with van der Waals surface area (Å²) >= 11 is 3.57. The van der Waals surface area contributed by atoms with Crippen molar-refractivity contribution < 1.29 is 14.3 Å². The van der Waals surface area contributed by atoms with Crippen molar-refractivity contribution in [3.63, 3.8) is 0 Å². The molecule has 1 amide bonds. The Kier molecular flexibility index (Phi) is 4.86. The molecule has 0 saturated heterocycles. The number of nitrogens with zero attached hydrogens (tertiary/aromatic N) is 1. The van der Waals surface area contributed by atoms with E-state index in [-0.39, 0.29) is 6.09 Å². The van der Waals surface area contributed by atoms with Gasteiger partial charge in [-0.2, -0.15) is 0 Å². The molecule has 0 N–H and O–H groups in total. The van der Waals surface area contributed by atoms with Gasteiger partial charge in [-0.15, -0.1) is 0 Å². The van der Waals surface area contributed by atoms with Crippen LogP contribution < -0.4 is 4.74 Å². The van der Waals surface area contributed by atoms with Crippen LogP contribution in [-0.4, -0.2) is 24.6 Å². The Hall–Kier alpha value is -2.01. The molecule has 1 heterocycles. The standard InChI is InChI=1S/C18H18BrNO3/c1-22-15-9-14-7-8-20(11-16(14)17(19)10-15)18(21)23-12-13-5-3-2-4-6-13/h2-6,9-10H,7-8,11-12H2,1H3. The molecule has 0 atom stereocenters. The van der Waals surface area contributed by atoms with Crippen molar-refractivity contribution in [1.82, 2.24) is 4.90 Å². The Balaban J connectivity index is 1.66. The SMILES string of the molecule is COc1cc(Br)c2c(c1)CCN(C(=O)OCc1ccccc1)C2. The number of amides is 1. The molecule has 0 saturated carbocycles. The molecular weight excluding hydrogens is 358 g/mol. The third-order valence-corrected chi connectivity index (χ3v) is 4.67. The van der Waals surface area contributed by atoms with Crippen molar-refractivity contribution in [2.45, 2.75) is 19.6 Å². The smallest absolute Gasteiger partial charge is 0.410 e. The molecule has 23 heavy (non-hydrogen) atoms. The number of hydrogen-bond acceptors (Lipinski definition) is 3. The molecule has 0 aromatic heterocycles. The monoisotopic (exact) mass is 375 g/mol. The zero-order chi connectivity index (χ0) is 16.2. The molecular formula is C18H18BrNO3. The van der Waals surface area contributed by atoms with Crippen LogP contribution in [-0.2, 0) is 24.3 Å². The predicted octanol–water partition coefficient (Wildman–Crippen LogP) is 4.15. The molecule has 1 aliphatic rings. The summed E-state index contributed by atoms with van der Waals surface area (Å²) in [4.78, 5) is 14.0. The second kappa shape index (κ2) is 7.04. The third-order valence-electron chi connectivity index (χ3n) is 3.96. The number of methoxy groups -OCH3 is 1. The van der Waals surface area contributed by atoms with E-state index in [4.69, 9.17) is 9.47 Å². The van der Waals surface area contributed by atoms with Crippen LogP contribution in [0.15, 0.2) is 46.9 Å². The fourth-order valence-electron chi connectivity index (χ4n) is 2.68. The van der Waals surface area contributed by atoms with Crippen LogP contribution in [0.2, 0.25) is 0 Å². The van der Waals surface area contributed by atoms with Crippen molar-refractivity contribution in [3.8, 4) is 5.75 Å². The van der Waals surface area contributed by atoms with Crippen LogP contribution in [0.1, 0.15) is 16.7 Å². The van der Waals surface area contributed by atoms with E-state index < -0.39 is 0 Å². The van der Waals surface area contributed by atoms with Crippen molar-refractivity contribution in [2.24, 2.45) is 0 Å². The molecule has 0 radical (unpaired) electrons. The minimum atomic E-state index is -0.276. The summed E-state index contributed by atoms with van der Waals surface area (Å²) in [7, 11) is 1.66. The van der Waals surface area contributed by atoms with Crippen LogP contribution in [0.4, 0.5) is 4.79 Å². The summed E-state index contributed by atoms with van der Waals surface area (Å²) in [6.07, 6.45) is 0.521. The number of carbonyl (C=O) groups is 1. The average Bonchev–Trinajstić information content (AvgIpc) is 2.60. The number of ether oxygens (including phenoxy) is 2. The number of benzene rings is 2. The lowest BCUT2D eigenvalue weighted by molar-refractivity contribution is 0.0917. The van der Waals surface area contributed by atoms with E-state index in [2.05, 4.69) is 15.9 Å². The predicted molar refractivity (Wildman–Crippen MR) is 91.4 cm³/mol. The maximum Gasteiger partial charge on any atom is 0.410 e. The lowest BCUT2D eigenvalue weighted by Crippen LogP contribution is -2.36. The molecule has 2 aromatic carbocycles. The van der Waals surface area contributed by atoms with Crippen LogP contribution in [0, 0.1) is 0 Å². The van der Waals surface area contributed by atoms with E-state index in [0.717, 1.165) is 27.8 Å². The van der Waals surface area contributed by atoms with Crippen LogP contribution >= 0.6 is 15.9 Å². The van der Waals surface area contributed by atoms with Crippen molar-refractivity contribution in [2.75, 3.05) is 13.7 Å². The first-order valence-corrected chi connectivity index (χ1v) is 8.27. The van der Waals surface area contributed by atoms with Crippen LogP contribution in [0.25, 0.3) is 0 Å². The molecule has 0 unspecified atom stereocenters. The zero-order valence-electron chi connectivity index (χ0n) is 12.9. The fraction of sp³-hybridized carbons (Fsp3) is 0.278. The molecule has 1 aliphatic heterocycles. The third kappa shape index (κ3) is 3.67. The first-order valence-electron chi connectivity index (χ1n) is 7.48. The average molecular weight is 376 g/mol. The molecule has 5 heteroatoms. The van der Waals surface area contributed by atoms with E-state index in [1.165, 1.54) is 5.56 Å². The van der Waals surface area contributed by atoms with Gasteiger partial charge in [-0.1, -0.05) is 46.3 Å². The molecule has 0 spiro atoms. The van der Waals surface area contributed by atoms with Gasteiger partial charge < -0.3 is 14.4 Å². The molecule has 4 nitrogen and oxygen atoms in total. The minimum absolute atomic E-state index is 0.276. The lowest BCUT2D eigenvalue weighted by atomic mass is 10.00. The number of rotatable bonds is 3. The van der Waals surface area contributed by atoms with E-state index in [1.807, 2.05) is 42.5 Å². The highest BCUT2D eigenvalue weighted by Gasteiger charge is 2.24. The maximum atomic E-state index is 12.3. The van der Waals surface area contributed by atoms with Gasteiger partial charge in [0.05, 0.1) is 13.7 Å². The van der Waals surface area contributed by atoms with E-state index in [1.54, 1.807) is 12.0 Å². The number of halogens is 1. The van der Waals surface area contributed by atoms with Gasteiger partial charge in [0.25, 0.3) is 0 Å². The van der Waals surface area contributed by atoms with Crippen molar-refractivity contribution in [1.29, 1.82) is 0 Å². The summed E-state index contributed by atoms with van der Waals surface area (Å²) in [5.41, 5.74) is 3.32. The van der Waals surface area contributed by atoms with Gasteiger partial charge in [-0.25, -0.2) is 4.79 Å². The van der Waals surface area contributed by atoms with E-state index in [0.29, 0.717) is 19.7 Å². The van der Waals surface area contributed by atoms with Crippen LogP contribution in [0.3, 0.4) is 0 Å². The Morgan fingerprint density at radius 1 is 1.26 bits per heavy atom. The van der Waals surface area contributed by atoms with Gasteiger partial charge in [0.2, 0.25) is 0 Å². The second-order valence-corrected chi connectivity index (χ2v) is 6.31. The van der Waals surface area contributed by atoms with E-state index in [9.17, 15) is 4.79 Å². The largest absolute Gasteiger partial charge is 0.497 e. The Morgan fingerprint density at radius 2 is 2.04 bits per heavy atom. The highest BCUT2D eigenvalue weighted by atomic mass is 79.9. The summed E-state index contributed by atoms with van der Waals surface area (Å²) < 4.78 is 11.7. The molecule has 0 bridgehead atoms. The number of hydrogen-bond donors (Lipinski definition) is 0. The second-order valence-electron chi connectivity index (χ2n) is 5.46. The Labute approximate surface area is 144 Å². The fourth-order valence-corrected chi connectivity index (χ4v) is 3.28. The lowest BCUT2D eigenvalue weighted by Gasteiger charge is -2.29. The van der Waals surface area contributed by atoms with Gasteiger partial charge in [-0.05, 0) is 35.2 Å². The Morgan fingerprint density at radius 3 is 2.78 bits per heavy atom. The molecule has 0 fully saturated rings. The normalized spacial score (nSPS) is 13.4. The maximum absolute atomic E-state index is 12.3. The highest BCUT2D eigenvalue weighted by molar-refractivity contribution is 9.10. The quantitative estimate of drug-likeness (QED) is 0.808. The zero-order valence-corrected chi connectivity index (χ0v) is 14.5. The first-order chi connectivity index (χ1) is 11.2. The summed E-state index contributed by atoms with van der Waals surface area (Å²) in [5, 5.41) is 0. The number of carbonyl (C=O) groups excluding carboxylic acids is 1. The molecule has 2 aromatic rings. The summed E-state index contributed by atoms with van der Waals surface area (Å²) in [6.45, 7) is 1.50. The molecule has 3 rings (SSSR count). The Bertz CT molecular complexity index is 703. The van der Waals surface area contributed by atoms with Gasteiger partial charge >= 0.3 is 6.09 Å². The minimum Gasteiger partial charge on any atom is -0.497 e. The molecule has 120 valence electrons. The molecule has 0 aliphatic carbocycles. The van der Waals surface area contributed by atoms with Crippen LogP contribution in [0.5, 0.6) is 5.75 Å². The first kappa shape index (κ1) is 15.9. The van der Waals surface area contributed by atoms with Crippen molar-refractivity contribution in [3.05, 3.63) is 63.6 Å². The van der Waals surface area contributed by atoms with Gasteiger partial charge in [0.1, 0.15) is 12.4 Å². The van der Waals surface area contributed by atoms with Gasteiger partial charge in [0, 0.05) is 11.0 Å². The van der Waals surface area contributed by atoms with Gasteiger partial charge in [-0.3, -0.25) is 0 Å². The van der Waals surface area contributed by atoms with E-state index >= 15 is 0 Å². The van der Waals surface area contributed by atoms with Gasteiger partial charge in [0.15, 0.2) is 0 Å². The number of fused-ring (bicyclic) bond motifs is 1. The topological polar surface area (TPSA) is 38.8 Å². The highest BCUT2D eigenvalue weighted by Crippen LogP contribution is 2.31. The van der Waals surface area contributed by atoms with Crippen molar-refractivity contribution >= 4 is 22.0 Å². The summed E-state index contributed by atoms with van der Waals surface area (Å²) in [5.74, 6) is 0.829. The summed E-state index contributed by atoms with van der Waals surface area (Å²) in [6, 6.07) is 13.7.